The second kappa shape index (κ2) is 4.61. The topological polar surface area (TPSA) is 49.8 Å². The van der Waals surface area contributed by atoms with Crippen LogP contribution in [-0.4, -0.2) is 5.75 Å². The molecule has 0 aliphatic heterocycles. The van der Waals surface area contributed by atoms with Crippen LogP contribution in [0.4, 0.5) is 21.7 Å². The Kier molecular flexibility index (Phi) is 3.65. The van der Waals surface area contributed by atoms with E-state index in [1.807, 2.05) is 0 Å². The van der Waals surface area contributed by atoms with Gasteiger partial charge >= 0.3 is 0 Å². The summed E-state index contributed by atoms with van der Waals surface area (Å²) in [6, 6.07) is 3.59. The average molecular weight is 252 g/mol. The highest BCUT2D eigenvalue weighted by molar-refractivity contribution is 8.20. The van der Waals surface area contributed by atoms with Gasteiger partial charge in [0.1, 0.15) is 11.9 Å². The van der Waals surface area contributed by atoms with Crippen LogP contribution in [-0.2, 0) is 6.42 Å². The molecule has 0 unspecified atom stereocenters. The molecule has 0 aliphatic rings. The SMILES string of the molecule is N#Cc1cc(F)c(CCS(F)(F)F)cc1N. The van der Waals surface area contributed by atoms with E-state index in [4.69, 9.17) is 11.0 Å². The number of nitrogen functional groups attached to an aromatic ring is 1. The maximum Gasteiger partial charge on any atom is 0.209 e. The minimum atomic E-state index is -5.14. The van der Waals surface area contributed by atoms with Gasteiger partial charge in [-0.3, -0.25) is 0 Å². The van der Waals surface area contributed by atoms with E-state index in [9.17, 15) is 16.0 Å². The van der Waals surface area contributed by atoms with Crippen LogP contribution in [0.2, 0.25) is 0 Å². The Morgan fingerprint density at radius 3 is 2.44 bits per heavy atom. The lowest BCUT2D eigenvalue weighted by atomic mass is 10.1. The standard InChI is InChI=1S/C9H8F4N2S/c10-8-3-7(5-14)9(15)4-6(8)1-2-16(11,12)13/h3-4H,1-2,15H2. The summed E-state index contributed by atoms with van der Waals surface area (Å²) in [4.78, 5) is 0. The van der Waals surface area contributed by atoms with Crippen LogP contribution in [0, 0.1) is 17.1 Å². The van der Waals surface area contributed by atoms with Gasteiger partial charge in [-0.15, -0.1) is 11.7 Å². The van der Waals surface area contributed by atoms with E-state index in [2.05, 4.69) is 0 Å². The normalized spacial score (nSPS) is 12.2. The van der Waals surface area contributed by atoms with Crippen molar-refractivity contribution in [2.24, 2.45) is 0 Å². The zero-order chi connectivity index (χ0) is 12.3. The Hall–Kier alpha value is -1.42. The van der Waals surface area contributed by atoms with Gasteiger partial charge in [-0.25, -0.2) is 4.39 Å². The first-order valence-corrected chi connectivity index (χ1v) is 5.71. The van der Waals surface area contributed by atoms with Gasteiger partial charge in [0.05, 0.1) is 11.3 Å². The third-order valence-electron chi connectivity index (χ3n) is 1.94. The highest BCUT2D eigenvalue weighted by atomic mass is 32.3. The predicted octanol–water partition coefficient (Wildman–Crippen LogP) is 3.28. The van der Waals surface area contributed by atoms with Crippen molar-refractivity contribution >= 4 is 16.9 Å². The van der Waals surface area contributed by atoms with Crippen LogP contribution in [0.3, 0.4) is 0 Å². The summed E-state index contributed by atoms with van der Waals surface area (Å²) in [6.07, 6.45) is -0.444. The number of aryl methyl sites for hydroxylation is 1. The second-order valence-corrected chi connectivity index (χ2v) is 4.51. The van der Waals surface area contributed by atoms with Gasteiger partial charge in [0.25, 0.3) is 0 Å². The van der Waals surface area contributed by atoms with Crippen LogP contribution in [0.5, 0.6) is 0 Å². The fourth-order valence-corrected chi connectivity index (χ4v) is 1.60. The van der Waals surface area contributed by atoms with Crippen molar-refractivity contribution in [1.82, 2.24) is 0 Å². The van der Waals surface area contributed by atoms with Crippen molar-refractivity contribution in [2.75, 3.05) is 11.5 Å². The molecule has 0 aromatic heterocycles. The average Bonchev–Trinajstić information content (AvgIpc) is 2.17. The van der Waals surface area contributed by atoms with E-state index in [-0.39, 0.29) is 16.8 Å². The summed E-state index contributed by atoms with van der Waals surface area (Å²) >= 11 is -5.14. The zero-order valence-electron chi connectivity index (χ0n) is 8.01. The van der Waals surface area contributed by atoms with E-state index in [1.54, 1.807) is 6.07 Å². The first kappa shape index (κ1) is 12.6. The molecule has 88 valence electrons. The van der Waals surface area contributed by atoms with Gasteiger partial charge < -0.3 is 5.73 Å². The fraction of sp³-hybridized carbons (Fsp3) is 0.222. The molecule has 2 N–H and O–H groups in total. The Labute approximate surface area is 91.9 Å². The molecule has 2 nitrogen and oxygen atoms in total. The van der Waals surface area contributed by atoms with Gasteiger partial charge in [0.2, 0.25) is 11.2 Å². The molecule has 0 radical (unpaired) electrons. The molecule has 1 aromatic rings. The van der Waals surface area contributed by atoms with Gasteiger partial charge in [0.15, 0.2) is 0 Å². The van der Waals surface area contributed by atoms with Crippen molar-refractivity contribution in [2.45, 2.75) is 6.42 Å². The molecule has 1 aromatic carbocycles. The van der Waals surface area contributed by atoms with E-state index in [0.29, 0.717) is 0 Å². The summed E-state index contributed by atoms with van der Waals surface area (Å²) in [5, 5.41) is 8.52. The van der Waals surface area contributed by atoms with Crippen LogP contribution in [0.1, 0.15) is 11.1 Å². The minimum Gasteiger partial charge on any atom is -0.398 e. The van der Waals surface area contributed by atoms with Gasteiger partial charge in [-0.1, -0.05) is 0 Å². The van der Waals surface area contributed by atoms with Gasteiger partial charge in [-0.2, -0.15) is 5.26 Å². The zero-order valence-corrected chi connectivity index (χ0v) is 8.83. The molecular weight excluding hydrogens is 244 g/mol. The summed E-state index contributed by atoms with van der Waals surface area (Å²) < 4.78 is 49.2. The molecule has 0 fully saturated rings. The first-order chi connectivity index (χ1) is 7.33. The number of rotatable bonds is 3. The van der Waals surface area contributed by atoms with E-state index in [1.165, 1.54) is 0 Å². The lowest BCUT2D eigenvalue weighted by Crippen LogP contribution is -2.00. The fourth-order valence-electron chi connectivity index (χ4n) is 1.15. The summed E-state index contributed by atoms with van der Waals surface area (Å²) in [7, 11) is 0. The third kappa shape index (κ3) is 3.31. The van der Waals surface area contributed by atoms with Crippen LogP contribution >= 0.6 is 11.2 Å². The molecule has 0 saturated heterocycles. The molecular formula is C9H8F4N2S. The number of hydrogen-bond acceptors (Lipinski definition) is 2. The second-order valence-electron chi connectivity index (χ2n) is 3.10. The highest BCUT2D eigenvalue weighted by Gasteiger charge is 2.21. The summed E-state index contributed by atoms with van der Waals surface area (Å²) in [5.41, 5.74) is 5.19. The Morgan fingerprint density at radius 1 is 1.31 bits per heavy atom. The van der Waals surface area contributed by atoms with E-state index >= 15 is 0 Å². The largest absolute Gasteiger partial charge is 0.398 e. The number of halogens is 4. The molecule has 0 bridgehead atoms. The monoisotopic (exact) mass is 252 g/mol. The number of hydrogen-bond donors (Lipinski definition) is 1. The van der Waals surface area contributed by atoms with Crippen LogP contribution in [0.15, 0.2) is 12.1 Å². The molecule has 16 heavy (non-hydrogen) atoms. The number of nitrogens with two attached hydrogens (primary N) is 1. The molecule has 0 amide bonds. The van der Waals surface area contributed by atoms with Gasteiger partial charge in [-0.05, 0) is 24.1 Å². The molecule has 1 rings (SSSR count). The molecule has 0 atom stereocenters. The highest BCUT2D eigenvalue weighted by Crippen LogP contribution is 2.53. The summed E-state index contributed by atoms with van der Waals surface area (Å²) in [5.74, 6) is -1.86. The van der Waals surface area contributed by atoms with Crippen molar-refractivity contribution in [1.29, 1.82) is 5.26 Å². The number of nitriles is 1. The lowest BCUT2D eigenvalue weighted by molar-refractivity contribution is 0.605. The maximum atomic E-state index is 13.2. The lowest BCUT2D eigenvalue weighted by Gasteiger charge is -2.10. The number of anilines is 1. The molecule has 7 heteroatoms. The maximum absolute atomic E-state index is 13.2. The molecule has 0 heterocycles. The van der Waals surface area contributed by atoms with Crippen LogP contribution < -0.4 is 5.73 Å². The van der Waals surface area contributed by atoms with Crippen molar-refractivity contribution in [3.63, 3.8) is 0 Å². The number of nitrogens with zero attached hydrogens (tertiary/aromatic N) is 1. The van der Waals surface area contributed by atoms with Crippen molar-refractivity contribution < 1.29 is 16.0 Å². The Balaban J connectivity index is 2.91. The van der Waals surface area contributed by atoms with Gasteiger partial charge in [0, 0.05) is 5.69 Å². The predicted molar refractivity (Wildman–Crippen MR) is 55.0 cm³/mol. The quantitative estimate of drug-likeness (QED) is 0.663. The Bertz CT molecular complexity index is 436. The number of benzene rings is 1. The molecule has 0 saturated carbocycles. The minimum absolute atomic E-state index is 0.00363. The third-order valence-corrected chi connectivity index (χ3v) is 2.61. The smallest absolute Gasteiger partial charge is 0.209 e. The summed E-state index contributed by atoms with van der Waals surface area (Å²) in [6.45, 7) is 0. The van der Waals surface area contributed by atoms with E-state index < -0.39 is 29.2 Å². The molecule has 0 aliphatic carbocycles. The first-order valence-electron chi connectivity index (χ1n) is 4.21. The molecule has 0 spiro atoms. The van der Waals surface area contributed by atoms with Crippen molar-refractivity contribution in [3.05, 3.63) is 29.1 Å². The van der Waals surface area contributed by atoms with Crippen LogP contribution in [0.25, 0.3) is 0 Å². The van der Waals surface area contributed by atoms with Crippen molar-refractivity contribution in [3.8, 4) is 6.07 Å². The van der Waals surface area contributed by atoms with E-state index in [0.717, 1.165) is 12.1 Å². The Morgan fingerprint density at radius 2 is 1.94 bits per heavy atom.